The van der Waals surface area contributed by atoms with Gasteiger partial charge in [0.15, 0.2) is 0 Å². The Kier molecular flexibility index (Phi) is 8.79. The third kappa shape index (κ3) is 6.32. The van der Waals surface area contributed by atoms with E-state index in [1.165, 1.54) is 12.0 Å². The molecule has 0 bridgehead atoms. The van der Waals surface area contributed by atoms with Crippen molar-refractivity contribution < 1.29 is 28.3 Å². The number of hydrogen-bond donors (Lipinski definition) is 2. The number of carbonyl (C=O) groups excluding carboxylic acids is 4. The van der Waals surface area contributed by atoms with E-state index in [9.17, 15) is 19.2 Å². The predicted octanol–water partition coefficient (Wildman–Crippen LogP) is 2.06. The van der Waals surface area contributed by atoms with E-state index in [4.69, 9.17) is 4.42 Å². The maximum atomic E-state index is 13.2. The van der Waals surface area contributed by atoms with E-state index < -0.39 is 41.3 Å². The van der Waals surface area contributed by atoms with E-state index in [1.807, 2.05) is 20.8 Å². The van der Waals surface area contributed by atoms with Crippen molar-refractivity contribution in [1.29, 1.82) is 0 Å². The lowest BCUT2D eigenvalue weighted by Crippen LogP contribution is -2.57. The average molecular weight is 480 g/mol. The molecule has 0 saturated carbocycles. The molecular weight excluding hydrogens is 442 g/mol. The first-order valence-corrected chi connectivity index (χ1v) is 11.6. The number of methoxy groups -OCH3 is 1. The second-order valence-corrected chi connectivity index (χ2v) is 10.3. The van der Waals surface area contributed by atoms with Crippen LogP contribution in [-0.4, -0.2) is 70.6 Å². The molecule has 0 aliphatic carbocycles. The molecule has 2 rings (SSSR count). The van der Waals surface area contributed by atoms with Gasteiger partial charge < -0.3 is 24.7 Å². The molecular formula is C23H37N5O6. The Bertz CT molecular complexity index is 904. The van der Waals surface area contributed by atoms with Crippen LogP contribution in [-0.2, 0) is 19.7 Å². The first-order chi connectivity index (χ1) is 15.8. The average Bonchev–Trinajstić information content (AvgIpc) is 3.43. The maximum absolute atomic E-state index is 13.2. The molecule has 1 aromatic heterocycles. The minimum atomic E-state index is -0.896. The summed E-state index contributed by atoms with van der Waals surface area (Å²) in [6.07, 6.45) is 0.368. The Morgan fingerprint density at radius 1 is 1.03 bits per heavy atom. The SMILES string of the molecule is COC(=O)NC(C(=O)N1CCCC1C(=O)N[C@H](C(=O)c1nnc(C(C)(C)C)o1)C(C)C)C(C)C. The van der Waals surface area contributed by atoms with Gasteiger partial charge in [-0.15, -0.1) is 10.2 Å². The van der Waals surface area contributed by atoms with Gasteiger partial charge in [-0.2, -0.15) is 0 Å². The predicted molar refractivity (Wildman–Crippen MR) is 123 cm³/mol. The van der Waals surface area contributed by atoms with E-state index in [2.05, 4.69) is 25.6 Å². The number of rotatable bonds is 8. The van der Waals surface area contributed by atoms with Gasteiger partial charge in [0.05, 0.1) is 13.2 Å². The van der Waals surface area contributed by atoms with Crippen LogP contribution in [0, 0.1) is 11.8 Å². The van der Waals surface area contributed by atoms with Crippen LogP contribution in [0.1, 0.15) is 77.9 Å². The number of ketones is 1. The van der Waals surface area contributed by atoms with Gasteiger partial charge in [0.25, 0.3) is 5.89 Å². The molecule has 0 radical (unpaired) electrons. The van der Waals surface area contributed by atoms with Gasteiger partial charge in [0.1, 0.15) is 12.1 Å². The fourth-order valence-corrected chi connectivity index (χ4v) is 3.72. The summed E-state index contributed by atoms with van der Waals surface area (Å²) >= 11 is 0. The molecule has 1 aliphatic rings. The molecule has 34 heavy (non-hydrogen) atoms. The van der Waals surface area contributed by atoms with Crippen LogP contribution < -0.4 is 10.6 Å². The second kappa shape index (κ2) is 11.0. The van der Waals surface area contributed by atoms with Crippen molar-refractivity contribution in [2.75, 3.05) is 13.7 Å². The van der Waals surface area contributed by atoms with Crippen molar-refractivity contribution in [2.45, 2.75) is 84.8 Å². The van der Waals surface area contributed by atoms with Crippen LogP contribution in [0.4, 0.5) is 4.79 Å². The zero-order valence-corrected chi connectivity index (χ0v) is 21.3. The lowest BCUT2D eigenvalue weighted by atomic mass is 9.97. The maximum Gasteiger partial charge on any atom is 0.407 e. The van der Waals surface area contributed by atoms with Crippen LogP contribution in [0.5, 0.6) is 0 Å². The number of carbonyl (C=O) groups is 4. The van der Waals surface area contributed by atoms with E-state index in [0.717, 1.165) is 0 Å². The van der Waals surface area contributed by atoms with Crippen molar-refractivity contribution in [3.05, 3.63) is 11.8 Å². The molecule has 11 nitrogen and oxygen atoms in total. The fourth-order valence-electron chi connectivity index (χ4n) is 3.72. The molecule has 3 atom stereocenters. The topological polar surface area (TPSA) is 144 Å². The molecule has 0 spiro atoms. The summed E-state index contributed by atoms with van der Waals surface area (Å²) in [6.45, 7) is 13.3. The summed E-state index contributed by atoms with van der Waals surface area (Å²) in [5, 5.41) is 13.2. The molecule has 0 aromatic carbocycles. The first-order valence-electron chi connectivity index (χ1n) is 11.6. The van der Waals surface area contributed by atoms with Crippen LogP contribution in [0.2, 0.25) is 0 Å². The number of Topliss-reactive ketones (excluding diaryl/α,β-unsaturated/α-hetero) is 1. The number of likely N-dealkylation sites (tertiary alicyclic amines) is 1. The summed E-state index contributed by atoms with van der Waals surface area (Å²) in [4.78, 5) is 52.7. The van der Waals surface area contributed by atoms with Crippen molar-refractivity contribution >= 4 is 23.7 Å². The zero-order valence-electron chi connectivity index (χ0n) is 21.3. The minimum Gasteiger partial charge on any atom is -0.453 e. The number of nitrogens with zero attached hydrogens (tertiary/aromatic N) is 3. The van der Waals surface area contributed by atoms with Crippen molar-refractivity contribution in [1.82, 2.24) is 25.7 Å². The number of hydrogen-bond acceptors (Lipinski definition) is 8. The zero-order chi connectivity index (χ0) is 25.8. The molecule has 1 aromatic rings. The van der Waals surface area contributed by atoms with E-state index in [-0.39, 0.29) is 23.6 Å². The Morgan fingerprint density at radius 3 is 2.15 bits per heavy atom. The molecule has 2 N–H and O–H groups in total. The van der Waals surface area contributed by atoms with Crippen molar-refractivity contribution in [3.8, 4) is 0 Å². The summed E-state index contributed by atoms with van der Waals surface area (Å²) < 4.78 is 10.2. The summed E-state index contributed by atoms with van der Waals surface area (Å²) in [5.74, 6) is -1.58. The molecule has 2 unspecified atom stereocenters. The number of amides is 3. The van der Waals surface area contributed by atoms with Gasteiger partial charge in [-0.05, 0) is 24.7 Å². The van der Waals surface area contributed by atoms with Crippen LogP contribution in [0.15, 0.2) is 4.42 Å². The van der Waals surface area contributed by atoms with Gasteiger partial charge in [0, 0.05) is 12.0 Å². The standard InChI is InChI=1S/C23H37N5O6/c1-12(2)15(17(29)19-26-27-21(34-19)23(5,6)7)24-18(30)14-10-9-11-28(14)20(31)16(13(3)4)25-22(32)33-8/h12-16H,9-11H2,1-8H3,(H,24,30)(H,25,32)/t14?,15-,16?/m0/s1. The van der Waals surface area contributed by atoms with Crippen molar-refractivity contribution in [3.63, 3.8) is 0 Å². The van der Waals surface area contributed by atoms with E-state index in [1.54, 1.807) is 27.7 Å². The van der Waals surface area contributed by atoms with Gasteiger partial charge in [-0.1, -0.05) is 48.5 Å². The normalized spacial score (nSPS) is 18.1. The third-order valence-electron chi connectivity index (χ3n) is 5.75. The van der Waals surface area contributed by atoms with Crippen LogP contribution in [0.3, 0.4) is 0 Å². The Balaban J connectivity index is 2.18. The van der Waals surface area contributed by atoms with Gasteiger partial charge in [-0.25, -0.2) is 4.79 Å². The highest BCUT2D eigenvalue weighted by molar-refractivity contribution is 6.00. The third-order valence-corrected chi connectivity index (χ3v) is 5.75. The van der Waals surface area contributed by atoms with Gasteiger partial charge in [-0.3, -0.25) is 14.4 Å². The molecule has 11 heteroatoms. The van der Waals surface area contributed by atoms with Crippen LogP contribution in [0.25, 0.3) is 0 Å². The second-order valence-electron chi connectivity index (χ2n) is 10.3. The molecule has 2 heterocycles. The summed E-state index contributed by atoms with van der Waals surface area (Å²) in [6, 6.07) is -2.49. The molecule has 190 valence electrons. The summed E-state index contributed by atoms with van der Waals surface area (Å²) in [7, 11) is 1.22. The lowest BCUT2D eigenvalue weighted by molar-refractivity contribution is -0.141. The quantitative estimate of drug-likeness (QED) is 0.539. The smallest absolute Gasteiger partial charge is 0.407 e. The Labute approximate surface area is 200 Å². The molecule has 1 aliphatic heterocycles. The number of ether oxygens (including phenoxy) is 1. The highest BCUT2D eigenvalue weighted by Gasteiger charge is 2.40. The highest BCUT2D eigenvalue weighted by Crippen LogP contribution is 2.23. The monoisotopic (exact) mass is 479 g/mol. The summed E-state index contributed by atoms with van der Waals surface area (Å²) in [5.41, 5.74) is -0.419. The molecule has 3 amide bonds. The highest BCUT2D eigenvalue weighted by atomic mass is 16.5. The number of aromatic nitrogens is 2. The van der Waals surface area contributed by atoms with Gasteiger partial charge >= 0.3 is 6.09 Å². The van der Waals surface area contributed by atoms with Gasteiger partial charge in [0.2, 0.25) is 23.5 Å². The number of nitrogens with one attached hydrogen (secondary N) is 2. The fraction of sp³-hybridized carbons (Fsp3) is 0.739. The largest absolute Gasteiger partial charge is 0.453 e. The minimum absolute atomic E-state index is 0.162. The van der Waals surface area contributed by atoms with E-state index in [0.29, 0.717) is 25.3 Å². The van der Waals surface area contributed by atoms with E-state index >= 15 is 0 Å². The molecule has 1 fully saturated rings. The Morgan fingerprint density at radius 2 is 1.65 bits per heavy atom. The number of alkyl carbamates (subject to hydrolysis) is 1. The lowest BCUT2D eigenvalue weighted by Gasteiger charge is -2.31. The molecule has 1 saturated heterocycles. The Hall–Kier alpha value is -2.98. The van der Waals surface area contributed by atoms with Crippen LogP contribution >= 0.6 is 0 Å². The van der Waals surface area contributed by atoms with Crippen molar-refractivity contribution in [2.24, 2.45) is 11.8 Å². The first kappa shape index (κ1) is 27.3.